The SMILES string of the molecule is CN(c1nc2nccnc2s1)C1CC(C)(C)NC(C)(C)C1. The Morgan fingerprint density at radius 1 is 1.14 bits per heavy atom. The predicted molar refractivity (Wildman–Crippen MR) is 87.9 cm³/mol. The summed E-state index contributed by atoms with van der Waals surface area (Å²) < 4.78 is 0. The van der Waals surface area contributed by atoms with Crippen molar-refractivity contribution >= 4 is 26.9 Å². The van der Waals surface area contributed by atoms with Gasteiger partial charge in [0.2, 0.25) is 0 Å². The average Bonchev–Trinajstić information content (AvgIpc) is 2.77. The van der Waals surface area contributed by atoms with Crippen molar-refractivity contribution in [1.29, 1.82) is 0 Å². The zero-order chi connectivity index (χ0) is 15.3. The molecular formula is C15H23N5S. The van der Waals surface area contributed by atoms with Crippen LogP contribution in [0.5, 0.6) is 0 Å². The Hall–Kier alpha value is -1.27. The van der Waals surface area contributed by atoms with Gasteiger partial charge in [0.15, 0.2) is 15.6 Å². The molecule has 1 aliphatic heterocycles. The molecule has 21 heavy (non-hydrogen) atoms. The highest BCUT2D eigenvalue weighted by atomic mass is 32.1. The summed E-state index contributed by atoms with van der Waals surface area (Å²) in [6.07, 6.45) is 5.62. The fraction of sp³-hybridized carbons (Fsp3) is 0.667. The molecule has 2 aromatic heterocycles. The zero-order valence-corrected chi connectivity index (χ0v) is 14.2. The molecule has 1 aliphatic rings. The van der Waals surface area contributed by atoms with Crippen molar-refractivity contribution in [2.45, 2.75) is 57.7 Å². The maximum atomic E-state index is 4.63. The first-order chi connectivity index (χ1) is 9.76. The molecule has 0 amide bonds. The third-order valence-electron chi connectivity index (χ3n) is 4.05. The standard InChI is InChI=1S/C15H23N5S/c1-14(2)8-10(9-15(3,4)19-14)20(5)13-18-11-12(21-13)17-7-6-16-11/h6-7,10,19H,8-9H2,1-5H3. The summed E-state index contributed by atoms with van der Waals surface area (Å²) in [5, 5.41) is 4.74. The fourth-order valence-corrected chi connectivity index (χ4v) is 4.42. The number of fused-ring (bicyclic) bond motifs is 1. The van der Waals surface area contributed by atoms with E-state index >= 15 is 0 Å². The summed E-state index contributed by atoms with van der Waals surface area (Å²) in [7, 11) is 2.14. The number of thiazole rings is 1. The van der Waals surface area contributed by atoms with E-state index in [4.69, 9.17) is 0 Å². The van der Waals surface area contributed by atoms with Crippen molar-refractivity contribution in [3.05, 3.63) is 12.4 Å². The smallest absolute Gasteiger partial charge is 0.191 e. The molecule has 0 unspecified atom stereocenters. The molecule has 1 saturated heterocycles. The summed E-state index contributed by atoms with van der Waals surface area (Å²) in [6, 6.07) is 0.469. The van der Waals surface area contributed by atoms with Crippen LogP contribution in [0.3, 0.4) is 0 Å². The van der Waals surface area contributed by atoms with Crippen molar-refractivity contribution in [2.75, 3.05) is 11.9 Å². The van der Waals surface area contributed by atoms with Gasteiger partial charge >= 0.3 is 0 Å². The van der Waals surface area contributed by atoms with Crippen LogP contribution in [0.4, 0.5) is 5.13 Å². The van der Waals surface area contributed by atoms with Crippen molar-refractivity contribution in [3.63, 3.8) is 0 Å². The number of nitrogens with zero attached hydrogens (tertiary/aromatic N) is 4. The Kier molecular flexibility index (Phi) is 3.41. The van der Waals surface area contributed by atoms with Gasteiger partial charge < -0.3 is 10.2 Å². The molecule has 1 N–H and O–H groups in total. The van der Waals surface area contributed by atoms with E-state index in [9.17, 15) is 0 Å². The van der Waals surface area contributed by atoms with Crippen LogP contribution < -0.4 is 10.2 Å². The summed E-state index contributed by atoms with van der Waals surface area (Å²) in [5.41, 5.74) is 1.01. The number of piperidine rings is 1. The summed E-state index contributed by atoms with van der Waals surface area (Å²) in [5.74, 6) is 0. The first-order valence-electron chi connectivity index (χ1n) is 7.36. The molecule has 3 rings (SSSR count). The largest absolute Gasteiger partial charge is 0.348 e. The van der Waals surface area contributed by atoms with Crippen LogP contribution in [-0.2, 0) is 0 Å². The molecule has 2 aromatic rings. The van der Waals surface area contributed by atoms with Gasteiger partial charge in [0.25, 0.3) is 0 Å². The van der Waals surface area contributed by atoms with Crippen molar-refractivity contribution in [3.8, 4) is 0 Å². The Morgan fingerprint density at radius 2 is 1.76 bits per heavy atom. The fourth-order valence-electron chi connectivity index (χ4n) is 3.52. The topological polar surface area (TPSA) is 53.9 Å². The lowest BCUT2D eigenvalue weighted by atomic mass is 9.79. The van der Waals surface area contributed by atoms with E-state index in [0.717, 1.165) is 28.5 Å². The number of rotatable bonds is 2. The van der Waals surface area contributed by atoms with E-state index in [2.05, 4.69) is 59.9 Å². The van der Waals surface area contributed by atoms with Crippen LogP contribution in [0, 0.1) is 0 Å². The Balaban J connectivity index is 1.88. The third kappa shape index (κ3) is 3.01. The second-order valence-corrected chi connectivity index (χ2v) is 8.20. The van der Waals surface area contributed by atoms with E-state index in [1.165, 1.54) is 0 Å². The highest BCUT2D eigenvalue weighted by molar-refractivity contribution is 7.21. The Bertz CT molecular complexity index is 599. The number of hydrogen-bond donors (Lipinski definition) is 1. The van der Waals surface area contributed by atoms with Gasteiger partial charge in [-0.1, -0.05) is 11.3 Å². The maximum Gasteiger partial charge on any atom is 0.191 e. The molecule has 114 valence electrons. The zero-order valence-electron chi connectivity index (χ0n) is 13.3. The van der Waals surface area contributed by atoms with E-state index in [1.807, 2.05) is 0 Å². The molecular weight excluding hydrogens is 282 g/mol. The lowest BCUT2D eigenvalue weighted by molar-refractivity contribution is 0.161. The molecule has 0 radical (unpaired) electrons. The second kappa shape index (κ2) is 4.88. The minimum absolute atomic E-state index is 0.133. The van der Waals surface area contributed by atoms with E-state index < -0.39 is 0 Å². The summed E-state index contributed by atoms with van der Waals surface area (Å²) in [4.78, 5) is 16.5. The number of anilines is 1. The van der Waals surface area contributed by atoms with Gasteiger partial charge in [-0.25, -0.2) is 9.97 Å². The normalized spacial score (nSPS) is 21.6. The summed E-state index contributed by atoms with van der Waals surface area (Å²) in [6.45, 7) is 9.10. The van der Waals surface area contributed by atoms with Gasteiger partial charge in [0, 0.05) is 36.6 Å². The van der Waals surface area contributed by atoms with Gasteiger partial charge in [0.05, 0.1) is 0 Å². The molecule has 1 fully saturated rings. The van der Waals surface area contributed by atoms with Gasteiger partial charge in [0.1, 0.15) is 0 Å². The first kappa shape index (κ1) is 14.7. The number of aromatic nitrogens is 3. The predicted octanol–water partition coefficient (Wildman–Crippen LogP) is 2.83. The lowest BCUT2D eigenvalue weighted by Gasteiger charge is -2.48. The van der Waals surface area contributed by atoms with Crippen LogP contribution in [0.25, 0.3) is 10.5 Å². The Labute approximate surface area is 129 Å². The van der Waals surface area contributed by atoms with Crippen molar-refractivity contribution in [1.82, 2.24) is 20.3 Å². The van der Waals surface area contributed by atoms with Crippen molar-refractivity contribution in [2.24, 2.45) is 0 Å². The highest BCUT2D eigenvalue weighted by Crippen LogP contribution is 2.35. The van der Waals surface area contributed by atoms with Gasteiger partial charge in [-0.2, -0.15) is 4.98 Å². The highest BCUT2D eigenvalue weighted by Gasteiger charge is 2.39. The molecule has 0 bridgehead atoms. The monoisotopic (exact) mass is 305 g/mol. The summed E-state index contributed by atoms with van der Waals surface area (Å²) >= 11 is 1.62. The second-order valence-electron chi connectivity index (χ2n) is 7.25. The molecule has 0 atom stereocenters. The van der Waals surface area contributed by atoms with Crippen LogP contribution in [0.15, 0.2) is 12.4 Å². The van der Waals surface area contributed by atoms with Crippen molar-refractivity contribution < 1.29 is 0 Å². The van der Waals surface area contributed by atoms with E-state index in [0.29, 0.717) is 6.04 Å². The molecule has 0 saturated carbocycles. The quantitative estimate of drug-likeness (QED) is 0.924. The van der Waals surface area contributed by atoms with Crippen LogP contribution in [0.2, 0.25) is 0 Å². The van der Waals surface area contributed by atoms with Crippen LogP contribution in [-0.4, -0.2) is 39.1 Å². The number of hydrogen-bond acceptors (Lipinski definition) is 6. The minimum Gasteiger partial charge on any atom is -0.348 e. The van der Waals surface area contributed by atoms with E-state index in [-0.39, 0.29) is 11.1 Å². The molecule has 0 aromatic carbocycles. The number of nitrogens with one attached hydrogen (secondary N) is 1. The van der Waals surface area contributed by atoms with Crippen LogP contribution in [0.1, 0.15) is 40.5 Å². The minimum atomic E-state index is 0.133. The van der Waals surface area contributed by atoms with E-state index in [1.54, 1.807) is 23.7 Å². The first-order valence-corrected chi connectivity index (χ1v) is 8.17. The Morgan fingerprint density at radius 3 is 2.38 bits per heavy atom. The third-order valence-corrected chi connectivity index (χ3v) is 5.10. The maximum absolute atomic E-state index is 4.63. The van der Waals surface area contributed by atoms with Gasteiger partial charge in [-0.15, -0.1) is 0 Å². The molecule has 3 heterocycles. The molecule has 5 nitrogen and oxygen atoms in total. The average molecular weight is 305 g/mol. The molecule has 0 spiro atoms. The van der Waals surface area contributed by atoms with Gasteiger partial charge in [-0.05, 0) is 40.5 Å². The van der Waals surface area contributed by atoms with Gasteiger partial charge in [-0.3, -0.25) is 0 Å². The van der Waals surface area contributed by atoms with Crippen LogP contribution >= 0.6 is 11.3 Å². The molecule has 0 aliphatic carbocycles. The molecule has 6 heteroatoms. The lowest BCUT2D eigenvalue weighted by Crippen LogP contribution is -2.61.